The molecule has 27 heavy (non-hydrogen) atoms. The SMILES string of the molecule is Nc1nc(Cl)nc2c1ncn2CCCCOC(=O)NCc1cccc(Br)c1. The Kier molecular flexibility index (Phi) is 6.46. The Hall–Kier alpha value is -2.39. The number of aromatic nitrogens is 4. The number of carbonyl (C=O) groups is 1. The van der Waals surface area contributed by atoms with Crippen LogP contribution in [0.3, 0.4) is 0 Å². The summed E-state index contributed by atoms with van der Waals surface area (Å²) in [5, 5.41) is 2.81. The highest BCUT2D eigenvalue weighted by molar-refractivity contribution is 9.10. The molecule has 0 spiro atoms. The Balaban J connectivity index is 1.39. The maximum Gasteiger partial charge on any atom is 0.407 e. The standard InChI is InChI=1S/C17H18BrClN6O2/c18-12-5-3-4-11(8-12)9-21-17(26)27-7-2-1-6-25-10-22-13-14(20)23-16(19)24-15(13)25/h3-5,8,10H,1-2,6-7,9H2,(H,21,26)(H2,20,23,24). The lowest BCUT2D eigenvalue weighted by molar-refractivity contribution is 0.143. The maximum absolute atomic E-state index is 11.7. The molecule has 3 rings (SSSR count). The molecule has 0 aliphatic carbocycles. The fraction of sp³-hybridized carbons (Fsp3) is 0.294. The van der Waals surface area contributed by atoms with E-state index in [-0.39, 0.29) is 11.1 Å². The number of hydrogen-bond donors (Lipinski definition) is 2. The van der Waals surface area contributed by atoms with Crippen molar-refractivity contribution in [2.75, 3.05) is 12.3 Å². The second-order valence-corrected chi connectivity index (χ2v) is 7.07. The first-order valence-electron chi connectivity index (χ1n) is 8.32. The van der Waals surface area contributed by atoms with Crippen molar-refractivity contribution in [3.63, 3.8) is 0 Å². The fourth-order valence-electron chi connectivity index (χ4n) is 2.52. The van der Waals surface area contributed by atoms with Crippen LogP contribution < -0.4 is 11.1 Å². The van der Waals surface area contributed by atoms with Crippen LogP contribution in [-0.4, -0.2) is 32.2 Å². The number of benzene rings is 1. The molecule has 0 saturated carbocycles. The number of imidazole rings is 1. The average molecular weight is 454 g/mol. The van der Waals surface area contributed by atoms with Gasteiger partial charge in [-0.25, -0.2) is 9.78 Å². The number of fused-ring (bicyclic) bond motifs is 1. The van der Waals surface area contributed by atoms with E-state index in [4.69, 9.17) is 22.1 Å². The minimum absolute atomic E-state index is 0.0900. The number of rotatable bonds is 7. The maximum atomic E-state index is 11.7. The molecule has 2 heterocycles. The van der Waals surface area contributed by atoms with Gasteiger partial charge in [-0.2, -0.15) is 9.97 Å². The van der Waals surface area contributed by atoms with E-state index in [1.54, 1.807) is 6.33 Å². The number of hydrogen-bond acceptors (Lipinski definition) is 6. The van der Waals surface area contributed by atoms with Crippen LogP contribution in [0.15, 0.2) is 35.1 Å². The largest absolute Gasteiger partial charge is 0.450 e. The summed E-state index contributed by atoms with van der Waals surface area (Å²) in [6, 6.07) is 7.72. The molecule has 0 bridgehead atoms. The Morgan fingerprint density at radius 2 is 2.19 bits per heavy atom. The van der Waals surface area contributed by atoms with Crippen molar-refractivity contribution >= 4 is 50.6 Å². The second kappa shape index (κ2) is 9.01. The van der Waals surface area contributed by atoms with Gasteiger partial charge in [0.05, 0.1) is 12.9 Å². The van der Waals surface area contributed by atoms with Crippen molar-refractivity contribution in [2.45, 2.75) is 25.9 Å². The second-order valence-electron chi connectivity index (χ2n) is 5.81. The Labute approximate surface area is 169 Å². The summed E-state index contributed by atoms with van der Waals surface area (Å²) in [7, 11) is 0. The molecule has 0 fully saturated rings. The number of nitrogens with two attached hydrogens (primary N) is 1. The van der Waals surface area contributed by atoms with Crippen molar-refractivity contribution in [3.05, 3.63) is 45.9 Å². The minimum atomic E-state index is -0.435. The first-order chi connectivity index (χ1) is 13.0. The summed E-state index contributed by atoms with van der Waals surface area (Å²) in [5.41, 5.74) is 7.90. The Morgan fingerprint density at radius 1 is 1.33 bits per heavy atom. The zero-order valence-electron chi connectivity index (χ0n) is 14.4. The summed E-state index contributed by atoms with van der Waals surface area (Å²) >= 11 is 9.24. The Bertz CT molecular complexity index is 948. The highest BCUT2D eigenvalue weighted by Gasteiger charge is 2.10. The molecule has 0 atom stereocenters. The zero-order valence-corrected chi connectivity index (χ0v) is 16.7. The Morgan fingerprint density at radius 3 is 3.00 bits per heavy atom. The molecule has 8 nitrogen and oxygen atoms in total. The minimum Gasteiger partial charge on any atom is -0.450 e. The van der Waals surface area contributed by atoms with E-state index in [1.807, 2.05) is 28.8 Å². The molecule has 142 valence electrons. The van der Waals surface area contributed by atoms with Crippen LogP contribution >= 0.6 is 27.5 Å². The van der Waals surface area contributed by atoms with Gasteiger partial charge in [-0.05, 0) is 42.1 Å². The molecule has 3 N–H and O–H groups in total. The summed E-state index contributed by atoms with van der Waals surface area (Å²) in [4.78, 5) is 24.0. The van der Waals surface area contributed by atoms with Gasteiger partial charge in [0.25, 0.3) is 0 Å². The van der Waals surface area contributed by atoms with Gasteiger partial charge in [0.15, 0.2) is 11.5 Å². The molecular formula is C17H18BrClN6O2. The molecule has 0 aliphatic rings. The van der Waals surface area contributed by atoms with Gasteiger partial charge in [0.1, 0.15) is 5.52 Å². The number of nitrogen functional groups attached to an aromatic ring is 1. The van der Waals surface area contributed by atoms with E-state index < -0.39 is 6.09 Å². The topological polar surface area (TPSA) is 108 Å². The third kappa shape index (κ3) is 5.30. The number of halogens is 2. The van der Waals surface area contributed by atoms with Crippen molar-refractivity contribution in [1.29, 1.82) is 0 Å². The predicted octanol–water partition coefficient (Wildman–Crippen LogP) is 3.53. The molecular weight excluding hydrogens is 436 g/mol. The first-order valence-corrected chi connectivity index (χ1v) is 9.49. The van der Waals surface area contributed by atoms with Crippen molar-refractivity contribution in [3.8, 4) is 0 Å². The van der Waals surface area contributed by atoms with Crippen LogP contribution in [0.25, 0.3) is 11.2 Å². The van der Waals surface area contributed by atoms with Gasteiger partial charge >= 0.3 is 6.09 Å². The lowest BCUT2D eigenvalue weighted by atomic mass is 10.2. The normalized spacial score (nSPS) is 10.9. The van der Waals surface area contributed by atoms with E-state index in [0.717, 1.165) is 16.5 Å². The predicted molar refractivity (Wildman–Crippen MR) is 106 cm³/mol. The number of carbonyl (C=O) groups excluding carboxylic acids is 1. The molecule has 10 heteroatoms. The van der Waals surface area contributed by atoms with Crippen LogP contribution in [0, 0.1) is 0 Å². The number of nitrogens with one attached hydrogen (secondary N) is 1. The molecule has 3 aromatic rings. The van der Waals surface area contributed by atoms with Crippen molar-refractivity contribution in [2.24, 2.45) is 0 Å². The third-order valence-electron chi connectivity index (χ3n) is 3.82. The van der Waals surface area contributed by atoms with E-state index in [9.17, 15) is 4.79 Å². The monoisotopic (exact) mass is 452 g/mol. The zero-order chi connectivity index (χ0) is 19.2. The molecule has 0 radical (unpaired) electrons. The highest BCUT2D eigenvalue weighted by atomic mass is 79.9. The van der Waals surface area contributed by atoms with E-state index in [0.29, 0.717) is 37.3 Å². The van der Waals surface area contributed by atoms with Gasteiger partial charge in [0, 0.05) is 17.6 Å². The lowest BCUT2D eigenvalue weighted by Crippen LogP contribution is -2.24. The smallest absolute Gasteiger partial charge is 0.407 e. The van der Waals surface area contributed by atoms with Gasteiger partial charge < -0.3 is 20.4 Å². The summed E-state index contributed by atoms with van der Waals surface area (Å²) in [6.45, 7) is 1.41. The van der Waals surface area contributed by atoms with E-state index >= 15 is 0 Å². The van der Waals surface area contributed by atoms with E-state index in [2.05, 4.69) is 36.2 Å². The van der Waals surface area contributed by atoms with Crippen LogP contribution in [-0.2, 0) is 17.8 Å². The van der Waals surface area contributed by atoms with Crippen molar-refractivity contribution < 1.29 is 9.53 Å². The number of unbranched alkanes of at least 4 members (excludes halogenated alkanes) is 1. The highest BCUT2D eigenvalue weighted by Crippen LogP contribution is 2.18. The number of anilines is 1. The molecule has 2 aromatic heterocycles. The van der Waals surface area contributed by atoms with Crippen molar-refractivity contribution in [1.82, 2.24) is 24.8 Å². The number of alkyl carbamates (subject to hydrolysis) is 1. The van der Waals surface area contributed by atoms with Crippen LogP contribution in [0.2, 0.25) is 5.28 Å². The summed E-state index contributed by atoms with van der Waals surface area (Å²) in [5.74, 6) is 0.259. The van der Waals surface area contributed by atoms with Gasteiger partial charge in [-0.15, -0.1) is 0 Å². The number of ether oxygens (including phenoxy) is 1. The lowest BCUT2D eigenvalue weighted by Gasteiger charge is -2.08. The average Bonchev–Trinajstić information content (AvgIpc) is 3.03. The van der Waals surface area contributed by atoms with Gasteiger partial charge in [-0.1, -0.05) is 28.1 Å². The number of aryl methyl sites for hydroxylation is 1. The molecule has 0 aliphatic heterocycles. The summed E-state index contributed by atoms with van der Waals surface area (Å²) < 4.78 is 8.01. The van der Waals surface area contributed by atoms with Gasteiger partial charge in [-0.3, -0.25) is 0 Å². The quantitative estimate of drug-likeness (QED) is 0.418. The van der Waals surface area contributed by atoms with Crippen LogP contribution in [0.4, 0.5) is 10.6 Å². The van der Waals surface area contributed by atoms with E-state index in [1.165, 1.54) is 0 Å². The van der Waals surface area contributed by atoms with Crippen LogP contribution in [0.1, 0.15) is 18.4 Å². The molecule has 0 saturated heterocycles. The number of nitrogens with zero attached hydrogens (tertiary/aromatic N) is 4. The third-order valence-corrected chi connectivity index (χ3v) is 4.48. The summed E-state index contributed by atoms with van der Waals surface area (Å²) in [6.07, 6.45) is 2.71. The van der Waals surface area contributed by atoms with Crippen LogP contribution in [0.5, 0.6) is 0 Å². The first kappa shape index (κ1) is 19.4. The fourth-order valence-corrected chi connectivity index (χ4v) is 3.14. The van der Waals surface area contributed by atoms with Gasteiger partial charge in [0.2, 0.25) is 5.28 Å². The molecule has 0 unspecified atom stereocenters. The molecule has 1 aromatic carbocycles. The number of amides is 1. The molecule has 1 amide bonds.